The van der Waals surface area contributed by atoms with E-state index in [1.807, 2.05) is 30.0 Å². The highest BCUT2D eigenvalue weighted by molar-refractivity contribution is 6.07. The molecule has 0 bridgehead atoms. The van der Waals surface area contributed by atoms with Gasteiger partial charge in [-0.2, -0.15) is 0 Å². The van der Waals surface area contributed by atoms with Crippen LogP contribution >= 0.6 is 0 Å². The monoisotopic (exact) mass is 259 g/mol. The summed E-state index contributed by atoms with van der Waals surface area (Å²) in [5, 5.41) is 0.903. The Hall–Kier alpha value is -1.97. The number of H-pyrrole nitrogens is 1. The summed E-state index contributed by atoms with van der Waals surface area (Å²) in [4.78, 5) is 17.5. The molecule has 0 aliphatic carbocycles. The van der Waals surface area contributed by atoms with Crippen molar-refractivity contribution in [1.29, 1.82) is 0 Å². The first kappa shape index (κ1) is 13.5. The lowest BCUT2D eigenvalue weighted by atomic mass is 10.1. The Balaban J connectivity index is 2.32. The van der Waals surface area contributed by atoms with Gasteiger partial charge in [-0.25, -0.2) is 0 Å². The van der Waals surface area contributed by atoms with Crippen LogP contribution in [0.4, 0.5) is 5.69 Å². The maximum Gasteiger partial charge on any atom is 0.256 e. The molecular formula is C15H21N3O. The lowest BCUT2D eigenvalue weighted by Gasteiger charge is -2.20. The summed E-state index contributed by atoms with van der Waals surface area (Å²) < 4.78 is 0. The number of hydrogen-bond acceptors (Lipinski definition) is 2. The van der Waals surface area contributed by atoms with Crippen molar-refractivity contribution >= 4 is 22.5 Å². The molecule has 0 saturated carbocycles. The first-order chi connectivity index (χ1) is 9.17. The molecule has 0 aliphatic heterocycles. The van der Waals surface area contributed by atoms with Gasteiger partial charge in [0.05, 0.1) is 5.56 Å². The zero-order chi connectivity index (χ0) is 13.8. The number of hydrogen-bond donors (Lipinski definition) is 2. The van der Waals surface area contributed by atoms with E-state index in [2.05, 4.69) is 11.9 Å². The van der Waals surface area contributed by atoms with Gasteiger partial charge in [0.25, 0.3) is 5.91 Å². The molecule has 3 N–H and O–H groups in total. The summed E-state index contributed by atoms with van der Waals surface area (Å²) in [6, 6.07) is 5.60. The topological polar surface area (TPSA) is 62.1 Å². The Morgan fingerprint density at radius 3 is 2.84 bits per heavy atom. The van der Waals surface area contributed by atoms with Crippen LogP contribution in [-0.2, 0) is 0 Å². The van der Waals surface area contributed by atoms with Crippen molar-refractivity contribution in [3.63, 3.8) is 0 Å². The number of nitrogens with two attached hydrogens (primary N) is 1. The van der Waals surface area contributed by atoms with E-state index in [1.165, 1.54) is 0 Å². The molecule has 2 rings (SSSR count). The molecule has 4 nitrogen and oxygen atoms in total. The fourth-order valence-electron chi connectivity index (χ4n) is 2.24. The van der Waals surface area contributed by atoms with Crippen LogP contribution < -0.4 is 5.73 Å². The predicted molar refractivity (Wildman–Crippen MR) is 79.2 cm³/mol. The summed E-state index contributed by atoms with van der Waals surface area (Å²) in [6.45, 7) is 5.68. The zero-order valence-electron chi connectivity index (χ0n) is 11.6. The molecular weight excluding hydrogens is 238 g/mol. The van der Waals surface area contributed by atoms with Crippen molar-refractivity contribution in [1.82, 2.24) is 9.88 Å². The smallest absolute Gasteiger partial charge is 0.256 e. The normalized spacial score (nSPS) is 10.8. The highest BCUT2D eigenvalue weighted by atomic mass is 16.2. The van der Waals surface area contributed by atoms with E-state index in [0.29, 0.717) is 11.3 Å². The molecule has 0 fully saturated rings. The van der Waals surface area contributed by atoms with Crippen LogP contribution in [0.1, 0.15) is 37.0 Å². The van der Waals surface area contributed by atoms with Gasteiger partial charge >= 0.3 is 0 Å². The number of carbonyl (C=O) groups is 1. The van der Waals surface area contributed by atoms with Crippen molar-refractivity contribution < 1.29 is 4.79 Å². The average molecular weight is 259 g/mol. The van der Waals surface area contributed by atoms with Crippen LogP contribution in [0.3, 0.4) is 0 Å². The molecule has 4 heteroatoms. The SMILES string of the molecule is CCCCN(CC)C(=O)c1c[nH]c2ccc(N)cc12. The number of fused-ring (bicyclic) bond motifs is 1. The number of aromatic amines is 1. The number of aromatic nitrogens is 1. The predicted octanol–water partition coefficient (Wildman–Crippen LogP) is 3.01. The van der Waals surface area contributed by atoms with E-state index in [4.69, 9.17) is 5.73 Å². The molecule has 2 aromatic rings. The molecule has 1 aromatic heterocycles. The molecule has 0 atom stereocenters. The summed E-state index contributed by atoms with van der Waals surface area (Å²) in [5.74, 6) is 0.0767. The van der Waals surface area contributed by atoms with E-state index >= 15 is 0 Å². The van der Waals surface area contributed by atoms with E-state index in [9.17, 15) is 4.79 Å². The minimum Gasteiger partial charge on any atom is -0.399 e. The van der Waals surface area contributed by atoms with Crippen molar-refractivity contribution in [2.75, 3.05) is 18.8 Å². The summed E-state index contributed by atoms with van der Waals surface area (Å²) in [7, 11) is 0. The van der Waals surface area contributed by atoms with E-state index in [1.54, 1.807) is 6.20 Å². The third-order valence-electron chi connectivity index (χ3n) is 3.39. The Kier molecular flexibility index (Phi) is 4.10. The highest BCUT2D eigenvalue weighted by Crippen LogP contribution is 2.22. The number of anilines is 1. The molecule has 19 heavy (non-hydrogen) atoms. The quantitative estimate of drug-likeness (QED) is 0.811. The third-order valence-corrected chi connectivity index (χ3v) is 3.39. The van der Waals surface area contributed by atoms with Gasteiger partial charge in [0.2, 0.25) is 0 Å². The maximum atomic E-state index is 12.5. The lowest BCUT2D eigenvalue weighted by Crippen LogP contribution is -2.31. The number of nitrogen functional groups attached to an aromatic ring is 1. The molecule has 1 aromatic carbocycles. The number of rotatable bonds is 5. The summed E-state index contributed by atoms with van der Waals surface area (Å²) in [5.41, 5.74) is 8.14. The second-order valence-corrected chi connectivity index (χ2v) is 4.75. The van der Waals surface area contributed by atoms with Crippen LogP contribution in [0.25, 0.3) is 10.9 Å². The summed E-state index contributed by atoms with van der Waals surface area (Å²) in [6.07, 6.45) is 3.90. The van der Waals surface area contributed by atoms with E-state index in [-0.39, 0.29) is 5.91 Å². The van der Waals surface area contributed by atoms with Crippen LogP contribution in [-0.4, -0.2) is 28.9 Å². The first-order valence-electron chi connectivity index (χ1n) is 6.83. The Morgan fingerprint density at radius 2 is 2.16 bits per heavy atom. The Morgan fingerprint density at radius 1 is 1.37 bits per heavy atom. The number of amides is 1. The van der Waals surface area contributed by atoms with Gasteiger partial charge in [-0.1, -0.05) is 13.3 Å². The second-order valence-electron chi connectivity index (χ2n) is 4.75. The van der Waals surface area contributed by atoms with Gasteiger partial charge in [0, 0.05) is 35.9 Å². The van der Waals surface area contributed by atoms with Crippen molar-refractivity contribution in [3.8, 4) is 0 Å². The third kappa shape index (κ3) is 2.72. The number of nitrogens with zero attached hydrogens (tertiary/aromatic N) is 1. The average Bonchev–Trinajstić information content (AvgIpc) is 2.82. The molecule has 0 unspecified atom stereocenters. The van der Waals surface area contributed by atoms with Crippen molar-refractivity contribution in [2.45, 2.75) is 26.7 Å². The molecule has 0 radical (unpaired) electrons. The molecule has 1 amide bonds. The number of unbranched alkanes of at least 4 members (excludes halogenated alkanes) is 1. The summed E-state index contributed by atoms with van der Waals surface area (Å²) >= 11 is 0. The number of benzene rings is 1. The van der Waals surface area contributed by atoms with Gasteiger partial charge in [-0.15, -0.1) is 0 Å². The molecule has 0 saturated heterocycles. The van der Waals surface area contributed by atoms with E-state index < -0.39 is 0 Å². The van der Waals surface area contributed by atoms with Gasteiger partial charge in [-0.05, 0) is 31.5 Å². The van der Waals surface area contributed by atoms with Crippen molar-refractivity contribution in [3.05, 3.63) is 30.0 Å². The molecule has 1 heterocycles. The van der Waals surface area contributed by atoms with Crippen LogP contribution in [0, 0.1) is 0 Å². The Bertz CT molecular complexity index is 574. The minimum atomic E-state index is 0.0767. The fourth-order valence-corrected chi connectivity index (χ4v) is 2.24. The van der Waals surface area contributed by atoms with Gasteiger partial charge in [0.1, 0.15) is 0 Å². The number of nitrogens with one attached hydrogen (secondary N) is 1. The van der Waals surface area contributed by atoms with Gasteiger partial charge in [0.15, 0.2) is 0 Å². The van der Waals surface area contributed by atoms with Crippen LogP contribution in [0.15, 0.2) is 24.4 Å². The molecule has 102 valence electrons. The maximum absolute atomic E-state index is 12.5. The Labute approximate surface area is 113 Å². The van der Waals surface area contributed by atoms with Gasteiger partial charge in [-0.3, -0.25) is 4.79 Å². The standard InChI is InChI=1S/C15H21N3O/c1-3-5-8-18(4-2)15(19)13-10-17-14-7-6-11(16)9-12(13)14/h6-7,9-10,17H,3-5,8,16H2,1-2H3. The molecule has 0 aliphatic rings. The van der Waals surface area contributed by atoms with Gasteiger partial charge < -0.3 is 15.6 Å². The minimum absolute atomic E-state index is 0.0767. The van der Waals surface area contributed by atoms with Crippen LogP contribution in [0.5, 0.6) is 0 Å². The van der Waals surface area contributed by atoms with Crippen molar-refractivity contribution in [2.24, 2.45) is 0 Å². The zero-order valence-corrected chi connectivity index (χ0v) is 11.6. The lowest BCUT2D eigenvalue weighted by molar-refractivity contribution is 0.0764. The van der Waals surface area contributed by atoms with E-state index in [0.717, 1.165) is 36.8 Å². The first-order valence-corrected chi connectivity index (χ1v) is 6.83. The van der Waals surface area contributed by atoms with Crippen LogP contribution in [0.2, 0.25) is 0 Å². The molecule has 0 spiro atoms. The fraction of sp³-hybridized carbons (Fsp3) is 0.400. The second kappa shape index (κ2) is 5.78. The largest absolute Gasteiger partial charge is 0.399 e. The highest BCUT2D eigenvalue weighted by Gasteiger charge is 2.17. The number of carbonyl (C=O) groups excluding carboxylic acids is 1.